The van der Waals surface area contributed by atoms with Crippen molar-refractivity contribution in [3.05, 3.63) is 83.3 Å². The van der Waals surface area contributed by atoms with Crippen LogP contribution in [-0.4, -0.2) is 79.2 Å². The van der Waals surface area contributed by atoms with Gasteiger partial charge in [0.15, 0.2) is 11.5 Å². The number of nitrogens with zero attached hydrogens (tertiary/aromatic N) is 3. The van der Waals surface area contributed by atoms with E-state index < -0.39 is 0 Å². The van der Waals surface area contributed by atoms with E-state index in [-0.39, 0.29) is 25.2 Å². The van der Waals surface area contributed by atoms with Gasteiger partial charge in [-0.25, -0.2) is 0 Å². The van der Waals surface area contributed by atoms with E-state index in [0.29, 0.717) is 42.5 Å². The fourth-order valence-corrected chi connectivity index (χ4v) is 4.79. The zero-order valence-corrected chi connectivity index (χ0v) is 22.3. The van der Waals surface area contributed by atoms with E-state index in [1.54, 1.807) is 22.1 Å². The molecule has 39 heavy (non-hydrogen) atoms. The standard InChI is InChI=1S/C30H35N3O6/c1-23-5-8-25(9-6-23)30(35)32(12-3-11-31-13-16-36-17-14-31)21-29(34)33(20-26-4-2-15-37-26)19-24-7-10-27-28(18-24)39-22-38-27/h2,4-10,15,18H,3,11-14,16-17,19-22H2,1H3. The van der Waals surface area contributed by atoms with Gasteiger partial charge in [-0.1, -0.05) is 23.8 Å². The molecule has 0 N–H and O–H groups in total. The van der Waals surface area contributed by atoms with Crippen molar-refractivity contribution in [1.82, 2.24) is 14.7 Å². The number of aryl methyl sites for hydroxylation is 1. The summed E-state index contributed by atoms with van der Waals surface area (Å²) in [5.41, 5.74) is 2.56. The number of morpholine rings is 1. The Hall–Kier alpha value is -3.82. The molecule has 0 bridgehead atoms. The second-order valence-corrected chi connectivity index (χ2v) is 9.92. The zero-order chi connectivity index (χ0) is 27.0. The lowest BCUT2D eigenvalue weighted by Crippen LogP contribution is -2.44. The first-order valence-corrected chi connectivity index (χ1v) is 13.4. The Bertz CT molecular complexity index is 1240. The lowest BCUT2D eigenvalue weighted by atomic mass is 10.1. The molecule has 1 fully saturated rings. The van der Waals surface area contributed by atoms with Crippen LogP contribution in [0.1, 0.15) is 33.7 Å². The van der Waals surface area contributed by atoms with Gasteiger partial charge in [0.05, 0.1) is 26.0 Å². The number of benzene rings is 2. The largest absolute Gasteiger partial charge is 0.467 e. The fourth-order valence-electron chi connectivity index (χ4n) is 4.79. The third kappa shape index (κ3) is 7.19. The molecule has 3 heterocycles. The predicted molar refractivity (Wildman–Crippen MR) is 144 cm³/mol. The second-order valence-electron chi connectivity index (χ2n) is 9.92. The number of fused-ring (bicyclic) bond motifs is 1. The normalized spacial score (nSPS) is 14.8. The molecule has 2 aliphatic rings. The van der Waals surface area contributed by atoms with Gasteiger partial charge in [0.1, 0.15) is 12.3 Å². The average Bonchev–Trinajstić information content (AvgIpc) is 3.65. The summed E-state index contributed by atoms with van der Waals surface area (Å²) in [5.74, 6) is 1.73. The van der Waals surface area contributed by atoms with Gasteiger partial charge in [-0.15, -0.1) is 0 Å². The molecule has 0 spiro atoms. The van der Waals surface area contributed by atoms with Gasteiger partial charge in [0, 0.05) is 38.3 Å². The highest BCUT2D eigenvalue weighted by molar-refractivity contribution is 5.96. The van der Waals surface area contributed by atoms with Crippen molar-refractivity contribution < 1.29 is 28.2 Å². The number of hydrogen-bond acceptors (Lipinski definition) is 7. The third-order valence-electron chi connectivity index (χ3n) is 7.01. The summed E-state index contributed by atoms with van der Waals surface area (Å²) in [6.07, 6.45) is 2.36. The van der Waals surface area contributed by atoms with Crippen LogP contribution in [0.3, 0.4) is 0 Å². The number of furan rings is 1. The molecule has 2 aromatic carbocycles. The summed E-state index contributed by atoms with van der Waals surface area (Å²) in [7, 11) is 0. The Labute approximate surface area is 228 Å². The van der Waals surface area contributed by atoms with Crippen LogP contribution in [-0.2, 0) is 22.6 Å². The van der Waals surface area contributed by atoms with Gasteiger partial charge < -0.3 is 28.4 Å². The SMILES string of the molecule is Cc1ccc(C(=O)N(CCCN2CCOCC2)CC(=O)N(Cc2ccc3c(c2)OCO3)Cc2ccco2)cc1. The van der Waals surface area contributed by atoms with Crippen LogP contribution in [0.2, 0.25) is 0 Å². The van der Waals surface area contributed by atoms with Gasteiger partial charge in [-0.3, -0.25) is 14.5 Å². The molecular formula is C30H35N3O6. The minimum atomic E-state index is -0.157. The van der Waals surface area contributed by atoms with Crippen LogP contribution in [0.5, 0.6) is 11.5 Å². The molecule has 0 saturated carbocycles. The Morgan fingerprint density at radius 3 is 2.49 bits per heavy atom. The van der Waals surface area contributed by atoms with Crippen molar-refractivity contribution in [3.63, 3.8) is 0 Å². The zero-order valence-electron chi connectivity index (χ0n) is 22.3. The van der Waals surface area contributed by atoms with E-state index in [1.807, 2.05) is 55.5 Å². The monoisotopic (exact) mass is 533 g/mol. The summed E-state index contributed by atoms with van der Waals surface area (Å²) >= 11 is 0. The molecule has 9 nitrogen and oxygen atoms in total. The highest BCUT2D eigenvalue weighted by atomic mass is 16.7. The summed E-state index contributed by atoms with van der Waals surface area (Å²) < 4.78 is 22.0. The van der Waals surface area contributed by atoms with Crippen molar-refractivity contribution >= 4 is 11.8 Å². The molecule has 5 rings (SSSR count). The fraction of sp³-hybridized carbons (Fsp3) is 0.400. The highest BCUT2D eigenvalue weighted by Crippen LogP contribution is 2.33. The first-order chi connectivity index (χ1) is 19.0. The Morgan fingerprint density at radius 1 is 0.923 bits per heavy atom. The molecule has 1 saturated heterocycles. The van der Waals surface area contributed by atoms with Crippen molar-refractivity contribution in [1.29, 1.82) is 0 Å². The molecule has 3 aromatic rings. The van der Waals surface area contributed by atoms with E-state index in [0.717, 1.165) is 50.4 Å². The predicted octanol–water partition coefficient (Wildman–Crippen LogP) is 3.71. The van der Waals surface area contributed by atoms with E-state index in [4.69, 9.17) is 18.6 Å². The van der Waals surface area contributed by atoms with Crippen LogP contribution in [0, 0.1) is 6.92 Å². The van der Waals surface area contributed by atoms with E-state index in [9.17, 15) is 9.59 Å². The third-order valence-corrected chi connectivity index (χ3v) is 7.01. The summed E-state index contributed by atoms with van der Waals surface area (Å²) in [6, 6.07) is 16.8. The van der Waals surface area contributed by atoms with Gasteiger partial charge in [-0.05, 0) is 55.3 Å². The maximum atomic E-state index is 13.8. The lowest BCUT2D eigenvalue weighted by Gasteiger charge is -2.30. The van der Waals surface area contributed by atoms with E-state index >= 15 is 0 Å². The van der Waals surface area contributed by atoms with Crippen LogP contribution < -0.4 is 9.47 Å². The Morgan fingerprint density at radius 2 is 1.72 bits per heavy atom. The average molecular weight is 534 g/mol. The maximum Gasteiger partial charge on any atom is 0.254 e. The van der Waals surface area contributed by atoms with E-state index in [1.165, 1.54) is 0 Å². The molecule has 0 atom stereocenters. The minimum absolute atomic E-state index is 0.0267. The van der Waals surface area contributed by atoms with Crippen molar-refractivity contribution in [2.75, 3.05) is 52.7 Å². The summed E-state index contributed by atoms with van der Waals surface area (Å²) in [6.45, 7) is 7.34. The molecule has 206 valence electrons. The van der Waals surface area contributed by atoms with Gasteiger partial charge >= 0.3 is 0 Å². The van der Waals surface area contributed by atoms with E-state index in [2.05, 4.69) is 4.90 Å². The number of carbonyl (C=O) groups is 2. The van der Waals surface area contributed by atoms with Gasteiger partial charge in [-0.2, -0.15) is 0 Å². The Kier molecular flexibility index (Phi) is 8.80. The molecule has 9 heteroatoms. The van der Waals surface area contributed by atoms with Crippen molar-refractivity contribution in [2.24, 2.45) is 0 Å². The summed E-state index contributed by atoms with van der Waals surface area (Å²) in [4.78, 5) is 33.1. The summed E-state index contributed by atoms with van der Waals surface area (Å²) in [5, 5.41) is 0. The first kappa shape index (κ1) is 26.8. The topological polar surface area (TPSA) is 84.7 Å². The van der Waals surface area contributed by atoms with Crippen LogP contribution >= 0.6 is 0 Å². The highest BCUT2D eigenvalue weighted by Gasteiger charge is 2.24. The quantitative estimate of drug-likeness (QED) is 0.372. The number of rotatable bonds is 11. The minimum Gasteiger partial charge on any atom is -0.467 e. The molecule has 0 unspecified atom stereocenters. The Balaban J connectivity index is 1.31. The molecule has 2 aliphatic heterocycles. The number of ether oxygens (including phenoxy) is 3. The van der Waals surface area contributed by atoms with Crippen LogP contribution in [0.15, 0.2) is 65.3 Å². The smallest absolute Gasteiger partial charge is 0.254 e. The van der Waals surface area contributed by atoms with Crippen molar-refractivity contribution in [3.8, 4) is 11.5 Å². The lowest BCUT2D eigenvalue weighted by molar-refractivity contribution is -0.133. The number of hydrogen-bond donors (Lipinski definition) is 0. The molecule has 0 aliphatic carbocycles. The number of amides is 2. The second kappa shape index (κ2) is 12.8. The first-order valence-electron chi connectivity index (χ1n) is 13.4. The molecular weight excluding hydrogens is 498 g/mol. The molecule has 0 radical (unpaired) electrons. The van der Waals surface area contributed by atoms with Crippen LogP contribution in [0.4, 0.5) is 0 Å². The maximum absolute atomic E-state index is 13.8. The molecule has 1 aromatic heterocycles. The van der Waals surface area contributed by atoms with Crippen LogP contribution in [0.25, 0.3) is 0 Å². The van der Waals surface area contributed by atoms with Gasteiger partial charge in [0.2, 0.25) is 12.7 Å². The van der Waals surface area contributed by atoms with Gasteiger partial charge in [0.25, 0.3) is 5.91 Å². The van der Waals surface area contributed by atoms with Crippen molar-refractivity contribution in [2.45, 2.75) is 26.4 Å². The molecule has 2 amide bonds. The number of carbonyl (C=O) groups excluding carboxylic acids is 2.